The van der Waals surface area contributed by atoms with Crippen LogP contribution in [0.2, 0.25) is 0 Å². The van der Waals surface area contributed by atoms with E-state index in [1.54, 1.807) is 0 Å². The number of aromatic nitrogens is 2. The van der Waals surface area contributed by atoms with Crippen LogP contribution >= 0.6 is 23.5 Å². The van der Waals surface area contributed by atoms with Crippen LogP contribution in [0.4, 0.5) is 11.6 Å². The van der Waals surface area contributed by atoms with Crippen molar-refractivity contribution < 1.29 is 0 Å². The van der Waals surface area contributed by atoms with E-state index in [-0.39, 0.29) is 22.8 Å². The molecule has 0 radical (unpaired) electrons. The molecular formula is C20H18N8S2. The third-order valence-electron chi connectivity index (χ3n) is 4.31. The molecule has 0 fully saturated rings. The summed E-state index contributed by atoms with van der Waals surface area (Å²) >= 11 is 2.70. The van der Waals surface area contributed by atoms with Gasteiger partial charge in [-0.25, -0.2) is 9.97 Å². The highest BCUT2D eigenvalue weighted by molar-refractivity contribution is 8.02. The van der Waals surface area contributed by atoms with Gasteiger partial charge in [0.05, 0.1) is 22.3 Å². The van der Waals surface area contributed by atoms with Crippen molar-refractivity contribution in [3.05, 3.63) is 33.4 Å². The fraction of sp³-hybridized carbons (Fsp3) is 0.300. The SMILES string of the molecule is CCc1c(C#N)c(N)nc(SCCSc2nc(N)c(C#N)c(CC)c2C#N)c1C#N. The molecule has 0 amide bonds. The minimum Gasteiger partial charge on any atom is -0.383 e. The Labute approximate surface area is 183 Å². The molecule has 0 aliphatic carbocycles. The van der Waals surface area contributed by atoms with Crippen molar-refractivity contribution in [2.24, 2.45) is 0 Å². The normalized spacial score (nSPS) is 9.93. The molecule has 8 nitrogen and oxygen atoms in total. The average Bonchev–Trinajstić information content (AvgIpc) is 2.75. The monoisotopic (exact) mass is 434 g/mol. The zero-order chi connectivity index (χ0) is 22.3. The highest BCUT2D eigenvalue weighted by atomic mass is 32.2. The maximum Gasteiger partial charge on any atom is 0.143 e. The van der Waals surface area contributed by atoms with E-state index < -0.39 is 0 Å². The summed E-state index contributed by atoms with van der Waals surface area (Å²) < 4.78 is 0. The Bertz CT molecular complexity index is 1050. The van der Waals surface area contributed by atoms with Gasteiger partial charge in [-0.2, -0.15) is 21.0 Å². The maximum absolute atomic E-state index is 9.54. The van der Waals surface area contributed by atoms with Gasteiger partial charge in [0, 0.05) is 11.5 Å². The van der Waals surface area contributed by atoms with Crippen LogP contribution in [-0.2, 0) is 12.8 Å². The second-order valence-corrected chi connectivity index (χ2v) is 8.08. The highest BCUT2D eigenvalue weighted by Gasteiger charge is 2.19. The number of anilines is 2. The summed E-state index contributed by atoms with van der Waals surface area (Å²) in [7, 11) is 0. The van der Waals surface area contributed by atoms with Crippen molar-refractivity contribution in [1.29, 1.82) is 21.0 Å². The van der Waals surface area contributed by atoms with E-state index in [0.29, 0.717) is 56.7 Å². The molecule has 0 unspecified atom stereocenters. The molecule has 10 heteroatoms. The third kappa shape index (κ3) is 4.42. The zero-order valence-corrected chi connectivity index (χ0v) is 18.1. The molecule has 0 bridgehead atoms. The van der Waals surface area contributed by atoms with Gasteiger partial charge in [-0.05, 0) is 24.0 Å². The van der Waals surface area contributed by atoms with Crippen LogP contribution in [-0.4, -0.2) is 21.5 Å². The van der Waals surface area contributed by atoms with Crippen LogP contribution in [0.25, 0.3) is 0 Å². The van der Waals surface area contributed by atoms with Crippen molar-refractivity contribution in [1.82, 2.24) is 9.97 Å². The van der Waals surface area contributed by atoms with Crippen molar-refractivity contribution in [3.8, 4) is 24.3 Å². The fourth-order valence-corrected chi connectivity index (χ4v) is 4.94. The predicted molar refractivity (Wildman–Crippen MR) is 116 cm³/mol. The number of rotatable bonds is 7. The first-order valence-electron chi connectivity index (χ1n) is 8.97. The molecule has 0 atom stereocenters. The van der Waals surface area contributed by atoms with Crippen molar-refractivity contribution in [2.45, 2.75) is 36.7 Å². The Kier molecular flexibility index (Phi) is 7.90. The van der Waals surface area contributed by atoms with Gasteiger partial charge >= 0.3 is 0 Å². The summed E-state index contributed by atoms with van der Waals surface area (Å²) in [6.45, 7) is 3.72. The molecule has 150 valence electrons. The van der Waals surface area contributed by atoms with Crippen molar-refractivity contribution in [3.63, 3.8) is 0 Å². The van der Waals surface area contributed by atoms with Crippen LogP contribution in [0.15, 0.2) is 10.1 Å². The first-order chi connectivity index (χ1) is 14.5. The highest BCUT2D eigenvalue weighted by Crippen LogP contribution is 2.32. The van der Waals surface area contributed by atoms with E-state index in [2.05, 4.69) is 22.1 Å². The van der Waals surface area contributed by atoms with Gasteiger partial charge in [0.2, 0.25) is 0 Å². The Balaban J connectivity index is 2.23. The Hall–Kier alpha value is -3.44. The number of nitrogen functional groups attached to an aromatic ring is 2. The number of hydrogen-bond acceptors (Lipinski definition) is 10. The number of thioether (sulfide) groups is 2. The lowest BCUT2D eigenvalue weighted by atomic mass is 10.0. The van der Waals surface area contributed by atoms with Gasteiger partial charge in [-0.1, -0.05) is 13.8 Å². The first kappa shape index (κ1) is 22.8. The van der Waals surface area contributed by atoms with Crippen LogP contribution in [0.5, 0.6) is 0 Å². The number of hydrogen-bond donors (Lipinski definition) is 2. The van der Waals surface area contributed by atoms with E-state index in [1.807, 2.05) is 26.0 Å². The van der Waals surface area contributed by atoms with Crippen LogP contribution in [0.1, 0.15) is 47.2 Å². The van der Waals surface area contributed by atoms with Gasteiger partial charge < -0.3 is 11.5 Å². The molecule has 2 rings (SSSR count). The quantitative estimate of drug-likeness (QED) is 0.486. The number of nitrogens with two attached hydrogens (primary N) is 2. The zero-order valence-electron chi connectivity index (χ0n) is 16.5. The fourth-order valence-electron chi connectivity index (χ4n) is 2.93. The van der Waals surface area contributed by atoms with Gasteiger partial charge in [0.15, 0.2) is 0 Å². The van der Waals surface area contributed by atoms with Crippen LogP contribution in [0, 0.1) is 45.3 Å². The molecule has 0 aromatic carbocycles. The molecule has 2 aromatic rings. The predicted octanol–water partition coefficient (Wildman–Crippen LogP) is 3.14. The lowest BCUT2D eigenvalue weighted by Crippen LogP contribution is -2.06. The summed E-state index contributed by atoms with van der Waals surface area (Å²) in [5.74, 6) is 1.36. The average molecular weight is 435 g/mol. The summed E-state index contributed by atoms with van der Waals surface area (Å²) in [5, 5.41) is 38.6. The Morgan fingerprint density at radius 3 is 1.27 bits per heavy atom. The van der Waals surface area contributed by atoms with Gasteiger partial charge in [-0.3, -0.25) is 0 Å². The van der Waals surface area contributed by atoms with Gasteiger partial charge in [0.25, 0.3) is 0 Å². The summed E-state index contributed by atoms with van der Waals surface area (Å²) in [5.41, 5.74) is 14.2. The lowest BCUT2D eigenvalue weighted by molar-refractivity contribution is 1.02. The topological polar surface area (TPSA) is 173 Å². The van der Waals surface area contributed by atoms with Gasteiger partial charge in [0.1, 0.15) is 46.0 Å². The number of nitriles is 4. The smallest absolute Gasteiger partial charge is 0.143 e. The molecule has 30 heavy (non-hydrogen) atoms. The first-order valence-corrected chi connectivity index (χ1v) is 10.9. The van der Waals surface area contributed by atoms with Crippen LogP contribution < -0.4 is 11.5 Å². The van der Waals surface area contributed by atoms with Crippen molar-refractivity contribution >= 4 is 35.2 Å². The Morgan fingerprint density at radius 1 is 0.667 bits per heavy atom. The largest absolute Gasteiger partial charge is 0.383 e. The molecule has 2 aromatic heterocycles. The third-order valence-corrected chi connectivity index (χ3v) is 6.52. The van der Waals surface area contributed by atoms with E-state index in [1.165, 1.54) is 23.5 Å². The molecule has 2 heterocycles. The number of pyridine rings is 2. The molecule has 0 aliphatic heterocycles. The second kappa shape index (κ2) is 10.4. The summed E-state index contributed by atoms with van der Waals surface area (Å²) in [6, 6.07) is 8.30. The molecule has 4 N–H and O–H groups in total. The summed E-state index contributed by atoms with van der Waals surface area (Å²) in [6.07, 6.45) is 1.00. The minimum absolute atomic E-state index is 0.115. The second-order valence-electron chi connectivity index (χ2n) is 5.91. The molecule has 0 spiro atoms. The van der Waals surface area contributed by atoms with E-state index >= 15 is 0 Å². The van der Waals surface area contributed by atoms with E-state index in [4.69, 9.17) is 11.5 Å². The number of nitrogens with zero attached hydrogens (tertiary/aromatic N) is 6. The van der Waals surface area contributed by atoms with E-state index in [0.717, 1.165) is 0 Å². The van der Waals surface area contributed by atoms with Crippen molar-refractivity contribution in [2.75, 3.05) is 23.0 Å². The minimum atomic E-state index is 0.115. The van der Waals surface area contributed by atoms with Gasteiger partial charge in [-0.15, -0.1) is 23.5 Å². The Morgan fingerprint density at radius 2 is 1.00 bits per heavy atom. The molecule has 0 aliphatic rings. The van der Waals surface area contributed by atoms with Crippen LogP contribution in [0.3, 0.4) is 0 Å². The standard InChI is InChI=1S/C20H18N8S2/c1-3-11-13(7-21)17(25)27-19(15(11)9-23)29-5-6-30-20-16(10-24)12(4-2)14(8-22)18(26)28-20/h3-6H2,1-2H3,(H2,25,27)(H2,26,28). The molecule has 0 saturated carbocycles. The molecule has 0 saturated heterocycles. The molecular weight excluding hydrogens is 416 g/mol. The maximum atomic E-state index is 9.54. The lowest BCUT2D eigenvalue weighted by Gasteiger charge is -2.12. The summed E-state index contributed by atoms with van der Waals surface area (Å²) in [4.78, 5) is 8.46. The van der Waals surface area contributed by atoms with E-state index in [9.17, 15) is 21.0 Å².